The van der Waals surface area contributed by atoms with Crippen LogP contribution in [0.1, 0.15) is 58.6 Å². The summed E-state index contributed by atoms with van der Waals surface area (Å²) in [5, 5.41) is 2.88. The van der Waals surface area contributed by atoms with Crippen LogP contribution in [0.5, 0.6) is 0 Å². The first-order valence-corrected chi connectivity index (χ1v) is 14.7. The first-order valence-electron chi connectivity index (χ1n) is 13.2. The Hall–Kier alpha value is -3.72. The lowest BCUT2D eigenvalue weighted by molar-refractivity contribution is -0.140. The highest BCUT2D eigenvalue weighted by Gasteiger charge is 2.33. The Morgan fingerprint density at radius 1 is 0.875 bits per heavy atom. The molecule has 0 aliphatic heterocycles. The highest BCUT2D eigenvalue weighted by Crippen LogP contribution is 2.26. The topological polar surface area (TPSA) is 86.8 Å². The van der Waals surface area contributed by atoms with Gasteiger partial charge in [0.2, 0.25) is 11.8 Å². The van der Waals surface area contributed by atoms with Crippen LogP contribution in [0.4, 0.5) is 10.1 Å². The largest absolute Gasteiger partial charge is 0.350 e. The Morgan fingerprint density at radius 2 is 1.45 bits per heavy atom. The van der Waals surface area contributed by atoms with Crippen LogP contribution in [0, 0.1) is 5.82 Å². The summed E-state index contributed by atoms with van der Waals surface area (Å²) in [4.78, 5) is 28.4. The van der Waals surface area contributed by atoms with Gasteiger partial charge in [-0.25, -0.2) is 12.8 Å². The van der Waals surface area contributed by atoms with E-state index in [0.29, 0.717) is 11.3 Å². The van der Waals surface area contributed by atoms with Crippen LogP contribution in [-0.2, 0) is 26.2 Å². The molecule has 1 atom stereocenters. The Labute approximate surface area is 237 Å². The molecule has 3 aromatic carbocycles. The van der Waals surface area contributed by atoms with Crippen LogP contribution in [0.3, 0.4) is 0 Å². The van der Waals surface area contributed by atoms with E-state index >= 15 is 0 Å². The molecule has 0 aliphatic rings. The summed E-state index contributed by atoms with van der Waals surface area (Å²) in [6, 6.07) is 19.7. The predicted molar refractivity (Wildman–Crippen MR) is 156 cm³/mol. The highest BCUT2D eigenvalue weighted by molar-refractivity contribution is 7.92. The fourth-order valence-corrected chi connectivity index (χ4v) is 5.55. The van der Waals surface area contributed by atoms with Gasteiger partial charge in [0.25, 0.3) is 10.0 Å². The molecule has 40 heavy (non-hydrogen) atoms. The second kappa shape index (κ2) is 12.6. The highest BCUT2D eigenvalue weighted by atomic mass is 32.2. The molecule has 3 aromatic rings. The maximum atomic E-state index is 13.9. The molecule has 214 valence electrons. The third kappa shape index (κ3) is 7.91. The minimum atomic E-state index is -4.13. The zero-order chi connectivity index (χ0) is 29.7. The van der Waals surface area contributed by atoms with Gasteiger partial charge in [-0.2, -0.15) is 0 Å². The molecular weight excluding hydrogens is 529 g/mol. The fourth-order valence-electron chi connectivity index (χ4n) is 4.12. The van der Waals surface area contributed by atoms with Gasteiger partial charge in [-0.3, -0.25) is 13.9 Å². The number of hydrogen-bond acceptors (Lipinski definition) is 4. The van der Waals surface area contributed by atoms with Crippen LogP contribution in [0.2, 0.25) is 0 Å². The van der Waals surface area contributed by atoms with Crippen molar-refractivity contribution >= 4 is 27.5 Å². The molecule has 0 unspecified atom stereocenters. The molecule has 0 saturated heterocycles. The van der Waals surface area contributed by atoms with Gasteiger partial charge < -0.3 is 10.2 Å². The summed E-state index contributed by atoms with van der Waals surface area (Å²) in [5.41, 5.74) is 1.41. The van der Waals surface area contributed by atoms with Crippen LogP contribution in [0.15, 0.2) is 83.8 Å². The molecule has 0 saturated carbocycles. The molecule has 1 N–H and O–H groups in total. The molecule has 7 nitrogen and oxygen atoms in total. The summed E-state index contributed by atoms with van der Waals surface area (Å²) in [7, 11) is -4.13. The molecule has 0 aliphatic carbocycles. The van der Waals surface area contributed by atoms with Crippen LogP contribution in [-0.4, -0.2) is 43.3 Å². The van der Waals surface area contributed by atoms with Crippen molar-refractivity contribution in [3.63, 3.8) is 0 Å². The molecule has 0 spiro atoms. The number of carbonyl (C=O) groups excluding carboxylic acids is 2. The molecule has 3 rings (SSSR count). The summed E-state index contributed by atoms with van der Waals surface area (Å²) >= 11 is 0. The van der Waals surface area contributed by atoms with Crippen molar-refractivity contribution in [1.82, 2.24) is 10.2 Å². The average molecular weight is 568 g/mol. The number of rotatable bonds is 10. The number of hydrogen-bond donors (Lipinski definition) is 1. The maximum absolute atomic E-state index is 13.9. The lowest BCUT2D eigenvalue weighted by Crippen LogP contribution is -2.54. The molecule has 0 bridgehead atoms. The van der Waals surface area contributed by atoms with E-state index in [4.69, 9.17) is 0 Å². The third-order valence-electron chi connectivity index (χ3n) is 6.39. The number of carbonyl (C=O) groups is 2. The number of anilines is 1. The van der Waals surface area contributed by atoms with Gasteiger partial charge in [0.15, 0.2) is 0 Å². The van der Waals surface area contributed by atoms with E-state index in [1.165, 1.54) is 41.3 Å². The molecule has 0 radical (unpaired) electrons. The Kier molecular flexibility index (Phi) is 9.73. The quantitative estimate of drug-likeness (QED) is 0.352. The van der Waals surface area contributed by atoms with Crippen molar-refractivity contribution in [3.05, 3.63) is 95.8 Å². The first kappa shape index (κ1) is 30.8. The Morgan fingerprint density at radius 3 is 1.98 bits per heavy atom. The molecule has 0 fully saturated rings. The summed E-state index contributed by atoms with van der Waals surface area (Å²) in [5.74, 6) is -1.15. The van der Waals surface area contributed by atoms with Gasteiger partial charge in [0.05, 0.1) is 10.6 Å². The number of sulfonamides is 1. The van der Waals surface area contributed by atoms with E-state index in [1.807, 2.05) is 46.8 Å². The van der Waals surface area contributed by atoms with Crippen molar-refractivity contribution in [3.8, 4) is 0 Å². The molecular formula is C31H38FN3O4S. The normalized spacial score (nSPS) is 12.6. The van der Waals surface area contributed by atoms with Gasteiger partial charge in [-0.15, -0.1) is 0 Å². The fraction of sp³-hybridized carbons (Fsp3) is 0.355. The van der Waals surface area contributed by atoms with Crippen LogP contribution < -0.4 is 9.62 Å². The van der Waals surface area contributed by atoms with Gasteiger partial charge in [0, 0.05) is 12.1 Å². The van der Waals surface area contributed by atoms with E-state index in [2.05, 4.69) is 5.32 Å². The van der Waals surface area contributed by atoms with Gasteiger partial charge >= 0.3 is 0 Å². The lowest BCUT2D eigenvalue weighted by atomic mass is 10.0. The van der Waals surface area contributed by atoms with Crippen molar-refractivity contribution < 1.29 is 22.4 Å². The summed E-state index contributed by atoms with van der Waals surface area (Å²) in [6.45, 7) is 10.6. The lowest BCUT2D eigenvalue weighted by Gasteiger charge is -2.33. The maximum Gasteiger partial charge on any atom is 0.264 e. The van der Waals surface area contributed by atoms with E-state index in [9.17, 15) is 22.4 Å². The van der Waals surface area contributed by atoms with Crippen molar-refractivity contribution in [1.29, 1.82) is 0 Å². The molecule has 2 amide bonds. The molecule has 0 heterocycles. The minimum absolute atomic E-state index is 0.0106. The number of amides is 2. The van der Waals surface area contributed by atoms with E-state index < -0.39 is 39.9 Å². The SMILES string of the molecule is CC(C)c1ccc(N(CC(=O)N(Cc2ccc(F)cc2)[C@H](C)C(=O)NC(C)(C)C)S(=O)(=O)c2ccccc2)cc1. The van der Waals surface area contributed by atoms with Crippen LogP contribution in [0.25, 0.3) is 0 Å². The van der Waals surface area contributed by atoms with E-state index in [1.54, 1.807) is 37.3 Å². The minimum Gasteiger partial charge on any atom is -0.350 e. The van der Waals surface area contributed by atoms with Crippen molar-refractivity contribution in [2.75, 3.05) is 10.8 Å². The number of nitrogens with zero attached hydrogens (tertiary/aromatic N) is 2. The standard InChI is InChI=1S/C31H38FN3O4S/c1-22(2)25-14-18-27(19-15-25)35(40(38,39)28-10-8-7-9-11-28)21-29(36)34(20-24-12-16-26(32)17-13-24)23(3)30(37)33-31(4,5)6/h7-19,22-23H,20-21H2,1-6H3,(H,33,37)/t23-/m1/s1. The number of halogens is 1. The first-order chi connectivity index (χ1) is 18.7. The Bertz CT molecular complexity index is 1400. The number of benzene rings is 3. The smallest absolute Gasteiger partial charge is 0.264 e. The second-order valence-electron chi connectivity index (χ2n) is 11.1. The third-order valence-corrected chi connectivity index (χ3v) is 8.18. The monoisotopic (exact) mass is 567 g/mol. The second-order valence-corrected chi connectivity index (χ2v) is 13.0. The summed E-state index contributed by atoms with van der Waals surface area (Å²) < 4.78 is 42.3. The van der Waals surface area contributed by atoms with Crippen LogP contribution >= 0.6 is 0 Å². The van der Waals surface area contributed by atoms with Crippen molar-refractivity contribution in [2.45, 2.75) is 70.5 Å². The van der Waals surface area contributed by atoms with Gasteiger partial charge in [-0.1, -0.05) is 56.3 Å². The van der Waals surface area contributed by atoms with E-state index in [0.717, 1.165) is 9.87 Å². The average Bonchev–Trinajstić information content (AvgIpc) is 2.90. The van der Waals surface area contributed by atoms with Gasteiger partial charge in [-0.05, 0) is 81.1 Å². The Balaban J connectivity index is 2.03. The van der Waals surface area contributed by atoms with Gasteiger partial charge in [0.1, 0.15) is 18.4 Å². The summed E-state index contributed by atoms with van der Waals surface area (Å²) in [6.07, 6.45) is 0. The predicted octanol–water partition coefficient (Wildman–Crippen LogP) is 5.48. The zero-order valence-electron chi connectivity index (χ0n) is 23.9. The molecule has 0 aromatic heterocycles. The zero-order valence-corrected chi connectivity index (χ0v) is 24.7. The van der Waals surface area contributed by atoms with Crippen molar-refractivity contribution in [2.24, 2.45) is 0 Å². The number of nitrogens with one attached hydrogen (secondary N) is 1. The molecule has 9 heteroatoms. The van der Waals surface area contributed by atoms with E-state index in [-0.39, 0.29) is 23.3 Å².